The lowest BCUT2D eigenvalue weighted by Gasteiger charge is -2.02. The number of ether oxygens (including phenoxy) is 1. The maximum atomic E-state index is 11.3. The smallest absolute Gasteiger partial charge is 0.338 e. The Labute approximate surface area is 82.7 Å². The molecule has 0 amide bonds. The molecule has 3 heteroatoms. The minimum absolute atomic E-state index is 0.343. The molecule has 0 aliphatic rings. The normalized spacial score (nSPS) is 9.50. The van der Waals surface area contributed by atoms with E-state index in [1.54, 1.807) is 24.3 Å². The number of hydrogen-bond donors (Lipinski definition) is 0. The van der Waals surface area contributed by atoms with Crippen molar-refractivity contribution < 1.29 is 14.3 Å². The van der Waals surface area contributed by atoms with Crippen LogP contribution >= 0.6 is 0 Å². The van der Waals surface area contributed by atoms with Gasteiger partial charge in [0.15, 0.2) is 0 Å². The third kappa shape index (κ3) is 2.69. The average Bonchev–Trinajstić information content (AvgIpc) is 2.26. The largest absolute Gasteiger partial charge is 0.462 e. The molecule has 0 bridgehead atoms. The summed E-state index contributed by atoms with van der Waals surface area (Å²) in [5.41, 5.74) is 1.03. The van der Waals surface area contributed by atoms with Gasteiger partial charge < -0.3 is 4.74 Å². The summed E-state index contributed by atoms with van der Waals surface area (Å²) in [4.78, 5) is 21.6. The van der Waals surface area contributed by atoms with Crippen LogP contribution in [-0.4, -0.2) is 18.9 Å². The van der Waals surface area contributed by atoms with Crippen LogP contribution in [0.4, 0.5) is 0 Å². The molecule has 0 aromatic heterocycles. The second-order valence-electron chi connectivity index (χ2n) is 2.88. The van der Waals surface area contributed by atoms with E-state index in [1.807, 2.05) is 6.92 Å². The molecule has 0 saturated carbocycles. The fourth-order valence-corrected chi connectivity index (χ4v) is 0.976. The average molecular weight is 192 g/mol. The second-order valence-corrected chi connectivity index (χ2v) is 2.88. The fourth-order valence-electron chi connectivity index (χ4n) is 0.976. The zero-order chi connectivity index (χ0) is 10.4. The lowest BCUT2D eigenvalue weighted by Crippen LogP contribution is -2.05. The van der Waals surface area contributed by atoms with Gasteiger partial charge >= 0.3 is 5.97 Å². The quantitative estimate of drug-likeness (QED) is 0.541. The molecule has 14 heavy (non-hydrogen) atoms. The van der Waals surface area contributed by atoms with Crippen molar-refractivity contribution in [2.45, 2.75) is 13.3 Å². The fraction of sp³-hybridized carbons (Fsp3) is 0.273. The van der Waals surface area contributed by atoms with Crippen LogP contribution in [0.5, 0.6) is 0 Å². The van der Waals surface area contributed by atoms with E-state index in [2.05, 4.69) is 0 Å². The Morgan fingerprint density at radius 3 is 2.50 bits per heavy atom. The van der Waals surface area contributed by atoms with Crippen LogP contribution in [0, 0.1) is 0 Å². The van der Waals surface area contributed by atoms with E-state index < -0.39 is 0 Å². The standard InChI is InChI=1S/C11H12O3/c1-2-7-14-11(13)10-5-3-9(8-12)4-6-10/h3-6,8H,2,7H2,1H3. The molecule has 0 heterocycles. The lowest BCUT2D eigenvalue weighted by atomic mass is 10.1. The van der Waals surface area contributed by atoms with E-state index >= 15 is 0 Å². The first-order chi connectivity index (χ1) is 6.77. The van der Waals surface area contributed by atoms with Crippen LogP contribution < -0.4 is 0 Å². The summed E-state index contributed by atoms with van der Waals surface area (Å²) in [7, 11) is 0. The molecule has 1 aromatic carbocycles. The SMILES string of the molecule is CCCOC(=O)c1ccc(C=O)cc1. The van der Waals surface area contributed by atoms with E-state index in [0.717, 1.165) is 12.7 Å². The highest BCUT2D eigenvalue weighted by atomic mass is 16.5. The van der Waals surface area contributed by atoms with Gasteiger partial charge in [0.05, 0.1) is 12.2 Å². The maximum absolute atomic E-state index is 11.3. The topological polar surface area (TPSA) is 43.4 Å². The van der Waals surface area contributed by atoms with Gasteiger partial charge in [0.1, 0.15) is 6.29 Å². The third-order valence-corrected chi connectivity index (χ3v) is 1.72. The highest BCUT2D eigenvalue weighted by Crippen LogP contribution is 2.04. The minimum atomic E-state index is -0.343. The van der Waals surface area contributed by atoms with Crippen molar-refractivity contribution in [2.24, 2.45) is 0 Å². The van der Waals surface area contributed by atoms with Gasteiger partial charge in [-0.05, 0) is 18.6 Å². The molecular formula is C11H12O3. The summed E-state index contributed by atoms with van der Waals surface area (Å²) < 4.78 is 4.92. The molecule has 0 aliphatic heterocycles. The minimum Gasteiger partial charge on any atom is -0.462 e. The predicted molar refractivity (Wildman–Crippen MR) is 52.4 cm³/mol. The Balaban J connectivity index is 2.66. The van der Waals surface area contributed by atoms with Gasteiger partial charge in [0.2, 0.25) is 0 Å². The van der Waals surface area contributed by atoms with Crippen LogP contribution in [0.2, 0.25) is 0 Å². The first-order valence-corrected chi connectivity index (χ1v) is 4.50. The molecule has 74 valence electrons. The molecule has 0 spiro atoms. The van der Waals surface area contributed by atoms with Crippen molar-refractivity contribution in [3.63, 3.8) is 0 Å². The molecular weight excluding hydrogens is 180 g/mol. The van der Waals surface area contributed by atoms with Crippen molar-refractivity contribution in [1.82, 2.24) is 0 Å². The summed E-state index contributed by atoms with van der Waals surface area (Å²) in [5.74, 6) is -0.343. The van der Waals surface area contributed by atoms with E-state index in [4.69, 9.17) is 4.74 Å². The summed E-state index contributed by atoms with van der Waals surface area (Å²) in [6, 6.07) is 6.36. The van der Waals surface area contributed by atoms with Gasteiger partial charge in [0.25, 0.3) is 0 Å². The molecule has 0 atom stereocenters. The second kappa shape index (κ2) is 5.17. The Morgan fingerprint density at radius 2 is 2.00 bits per heavy atom. The van der Waals surface area contributed by atoms with Crippen LogP contribution in [0.3, 0.4) is 0 Å². The van der Waals surface area contributed by atoms with Gasteiger partial charge in [-0.1, -0.05) is 19.1 Å². The highest BCUT2D eigenvalue weighted by Gasteiger charge is 2.05. The van der Waals surface area contributed by atoms with Gasteiger partial charge in [-0.15, -0.1) is 0 Å². The first-order valence-electron chi connectivity index (χ1n) is 4.50. The van der Waals surface area contributed by atoms with E-state index in [0.29, 0.717) is 17.7 Å². The van der Waals surface area contributed by atoms with Crippen LogP contribution in [-0.2, 0) is 4.74 Å². The maximum Gasteiger partial charge on any atom is 0.338 e. The molecule has 0 N–H and O–H groups in total. The van der Waals surface area contributed by atoms with Gasteiger partial charge in [-0.3, -0.25) is 4.79 Å². The van der Waals surface area contributed by atoms with E-state index in [-0.39, 0.29) is 5.97 Å². The van der Waals surface area contributed by atoms with Crippen molar-refractivity contribution >= 4 is 12.3 Å². The van der Waals surface area contributed by atoms with Crippen LogP contribution in [0.25, 0.3) is 0 Å². The predicted octanol–water partition coefficient (Wildman–Crippen LogP) is 2.07. The Hall–Kier alpha value is -1.64. The van der Waals surface area contributed by atoms with Gasteiger partial charge in [0, 0.05) is 5.56 Å². The molecule has 0 radical (unpaired) electrons. The summed E-state index contributed by atoms with van der Waals surface area (Å²) in [6.07, 6.45) is 1.54. The van der Waals surface area contributed by atoms with Crippen molar-refractivity contribution in [1.29, 1.82) is 0 Å². The molecule has 3 nitrogen and oxygen atoms in total. The number of carbonyl (C=O) groups is 2. The summed E-state index contributed by atoms with van der Waals surface area (Å²) in [6.45, 7) is 2.36. The summed E-state index contributed by atoms with van der Waals surface area (Å²) >= 11 is 0. The lowest BCUT2D eigenvalue weighted by molar-refractivity contribution is 0.0505. The number of benzene rings is 1. The van der Waals surface area contributed by atoms with Gasteiger partial charge in [-0.25, -0.2) is 4.79 Å². The third-order valence-electron chi connectivity index (χ3n) is 1.72. The zero-order valence-electron chi connectivity index (χ0n) is 8.03. The number of hydrogen-bond acceptors (Lipinski definition) is 3. The number of rotatable bonds is 4. The first kappa shape index (κ1) is 10.4. The molecule has 0 fully saturated rings. The van der Waals surface area contributed by atoms with Crippen LogP contribution in [0.1, 0.15) is 34.1 Å². The number of aldehydes is 1. The monoisotopic (exact) mass is 192 g/mol. The van der Waals surface area contributed by atoms with E-state index in [9.17, 15) is 9.59 Å². The van der Waals surface area contributed by atoms with Crippen LogP contribution in [0.15, 0.2) is 24.3 Å². The number of esters is 1. The molecule has 0 unspecified atom stereocenters. The van der Waals surface area contributed by atoms with Crippen molar-refractivity contribution in [3.05, 3.63) is 35.4 Å². The van der Waals surface area contributed by atoms with E-state index in [1.165, 1.54) is 0 Å². The molecule has 0 aliphatic carbocycles. The Bertz CT molecular complexity index is 314. The highest BCUT2D eigenvalue weighted by molar-refractivity contribution is 5.90. The van der Waals surface area contributed by atoms with Crippen molar-refractivity contribution in [3.8, 4) is 0 Å². The zero-order valence-corrected chi connectivity index (χ0v) is 8.03. The molecule has 1 aromatic rings. The van der Waals surface area contributed by atoms with Crippen molar-refractivity contribution in [2.75, 3.05) is 6.61 Å². The number of carbonyl (C=O) groups excluding carboxylic acids is 2. The molecule has 0 saturated heterocycles. The Morgan fingerprint density at radius 1 is 1.36 bits per heavy atom. The Kier molecular flexibility index (Phi) is 3.85. The van der Waals surface area contributed by atoms with Gasteiger partial charge in [-0.2, -0.15) is 0 Å². The summed E-state index contributed by atoms with van der Waals surface area (Å²) in [5, 5.41) is 0. The molecule has 1 rings (SSSR count).